The maximum atomic E-state index is 12.2. The van der Waals surface area contributed by atoms with E-state index in [0.717, 1.165) is 12.8 Å². The Bertz CT molecular complexity index is 431. The lowest BCUT2D eigenvalue weighted by Crippen LogP contribution is -2.46. The molecule has 1 aromatic carbocycles. The quantitative estimate of drug-likeness (QED) is 0.801. The fourth-order valence-corrected chi connectivity index (χ4v) is 3.12. The highest BCUT2D eigenvalue weighted by molar-refractivity contribution is 5.78. The topological polar surface area (TPSA) is 29.5 Å². The van der Waals surface area contributed by atoms with Crippen LogP contribution in [0.4, 0.5) is 0 Å². The van der Waals surface area contributed by atoms with Gasteiger partial charge in [-0.2, -0.15) is 0 Å². The molecule has 0 aromatic heterocycles. The molecule has 3 atom stereocenters. The Morgan fingerprint density at radius 1 is 1.33 bits per heavy atom. The first-order chi connectivity index (χ1) is 8.81. The third kappa shape index (κ3) is 1.83. The van der Waals surface area contributed by atoms with Crippen molar-refractivity contribution in [2.75, 3.05) is 6.61 Å². The lowest BCUT2D eigenvalue weighted by atomic mass is 9.92. The highest BCUT2D eigenvalue weighted by Crippen LogP contribution is 2.39. The largest absolute Gasteiger partial charge is 0.355 e. The summed E-state index contributed by atoms with van der Waals surface area (Å²) >= 11 is 0. The molecular formula is C15H19NO2. The molecule has 3 rings (SSSR count). The molecular weight excluding hydrogens is 226 g/mol. The number of hydrogen-bond donors (Lipinski definition) is 0. The molecule has 2 heterocycles. The predicted molar refractivity (Wildman–Crippen MR) is 68.8 cm³/mol. The van der Waals surface area contributed by atoms with Crippen molar-refractivity contribution in [1.29, 1.82) is 0 Å². The first-order valence-corrected chi connectivity index (χ1v) is 6.79. The normalized spacial score (nSPS) is 31.5. The second-order valence-electron chi connectivity index (χ2n) is 5.16. The molecule has 18 heavy (non-hydrogen) atoms. The van der Waals surface area contributed by atoms with Crippen molar-refractivity contribution in [3.63, 3.8) is 0 Å². The molecule has 0 spiro atoms. The van der Waals surface area contributed by atoms with Crippen molar-refractivity contribution in [3.8, 4) is 0 Å². The van der Waals surface area contributed by atoms with Crippen LogP contribution in [0.15, 0.2) is 30.3 Å². The number of rotatable bonds is 2. The van der Waals surface area contributed by atoms with Gasteiger partial charge in [0.2, 0.25) is 5.91 Å². The average Bonchev–Trinajstić information content (AvgIpc) is 2.86. The summed E-state index contributed by atoms with van der Waals surface area (Å²) < 4.78 is 5.90. The van der Waals surface area contributed by atoms with Gasteiger partial charge in [-0.3, -0.25) is 4.79 Å². The summed E-state index contributed by atoms with van der Waals surface area (Å²) in [4.78, 5) is 14.1. The van der Waals surface area contributed by atoms with Crippen molar-refractivity contribution in [2.45, 2.75) is 38.5 Å². The standard InChI is InChI=1S/C15H19NO2/c1-2-11-8-9-14(17)16-13(10-18-15(11)16)12-6-4-3-5-7-12/h3-7,11,13,15H,2,8-10H2,1H3/t11-,13+,15+/m1/s1. The van der Waals surface area contributed by atoms with Gasteiger partial charge in [0, 0.05) is 12.3 Å². The maximum absolute atomic E-state index is 12.2. The smallest absolute Gasteiger partial charge is 0.225 e. The molecule has 2 saturated heterocycles. The molecule has 2 fully saturated rings. The van der Waals surface area contributed by atoms with E-state index in [4.69, 9.17) is 4.74 Å². The molecule has 0 radical (unpaired) electrons. The summed E-state index contributed by atoms with van der Waals surface area (Å²) in [6.45, 7) is 2.81. The fourth-order valence-electron chi connectivity index (χ4n) is 3.12. The Morgan fingerprint density at radius 2 is 2.11 bits per heavy atom. The van der Waals surface area contributed by atoms with Gasteiger partial charge in [-0.1, -0.05) is 37.3 Å². The maximum Gasteiger partial charge on any atom is 0.225 e. The lowest BCUT2D eigenvalue weighted by molar-refractivity contribution is -0.147. The zero-order chi connectivity index (χ0) is 12.5. The number of hydrogen-bond acceptors (Lipinski definition) is 2. The van der Waals surface area contributed by atoms with E-state index in [1.807, 2.05) is 23.1 Å². The molecule has 1 aromatic rings. The first-order valence-electron chi connectivity index (χ1n) is 6.79. The van der Waals surface area contributed by atoms with Gasteiger partial charge in [0.15, 0.2) is 0 Å². The van der Waals surface area contributed by atoms with Crippen LogP contribution in [0.3, 0.4) is 0 Å². The summed E-state index contributed by atoms with van der Waals surface area (Å²) in [7, 11) is 0. The SMILES string of the molecule is CC[C@@H]1CCC(=O)N2[C@H](c3ccccc3)CO[C@@H]12. The van der Waals surface area contributed by atoms with Gasteiger partial charge in [-0.25, -0.2) is 0 Å². The second kappa shape index (κ2) is 4.73. The van der Waals surface area contributed by atoms with E-state index in [1.165, 1.54) is 5.56 Å². The number of amides is 1. The first kappa shape index (κ1) is 11.7. The number of ether oxygens (including phenoxy) is 1. The van der Waals surface area contributed by atoms with Crippen LogP contribution in [0, 0.1) is 5.92 Å². The van der Waals surface area contributed by atoms with E-state index in [0.29, 0.717) is 18.9 Å². The Hall–Kier alpha value is -1.35. The van der Waals surface area contributed by atoms with Crippen LogP contribution in [0.2, 0.25) is 0 Å². The number of carbonyl (C=O) groups excluding carboxylic acids is 1. The van der Waals surface area contributed by atoms with E-state index >= 15 is 0 Å². The van der Waals surface area contributed by atoms with Crippen LogP contribution in [-0.2, 0) is 9.53 Å². The Morgan fingerprint density at radius 3 is 2.83 bits per heavy atom. The molecule has 3 nitrogen and oxygen atoms in total. The minimum absolute atomic E-state index is 0.00135. The second-order valence-corrected chi connectivity index (χ2v) is 5.16. The minimum Gasteiger partial charge on any atom is -0.355 e. The number of benzene rings is 1. The molecule has 2 aliphatic rings. The van der Waals surface area contributed by atoms with Crippen molar-refractivity contribution < 1.29 is 9.53 Å². The van der Waals surface area contributed by atoms with Crippen LogP contribution in [0.5, 0.6) is 0 Å². The van der Waals surface area contributed by atoms with E-state index in [9.17, 15) is 4.79 Å². The van der Waals surface area contributed by atoms with Crippen LogP contribution < -0.4 is 0 Å². The van der Waals surface area contributed by atoms with Crippen molar-refractivity contribution in [3.05, 3.63) is 35.9 Å². The van der Waals surface area contributed by atoms with Crippen molar-refractivity contribution in [1.82, 2.24) is 4.90 Å². The molecule has 0 aliphatic carbocycles. The molecule has 0 unspecified atom stereocenters. The molecule has 1 amide bonds. The Kier molecular flexibility index (Phi) is 3.08. The lowest BCUT2D eigenvalue weighted by Gasteiger charge is -2.37. The monoisotopic (exact) mass is 245 g/mol. The minimum atomic E-state index is 0.00135. The highest BCUT2D eigenvalue weighted by Gasteiger charge is 2.44. The van der Waals surface area contributed by atoms with Crippen LogP contribution in [0.25, 0.3) is 0 Å². The summed E-state index contributed by atoms with van der Waals surface area (Å²) in [6.07, 6.45) is 2.72. The van der Waals surface area contributed by atoms with Gasteiger partial charge >= 0.3 is 0 Å². The van der Waals surface area contributed by atoms with Gasteiger partial charge in [-0.05, 0) is 18.4 Å². The van der Waals surface area contributed by atoms with E-state index in [-0.39, 0.29) is 18.2 Å². The number of fused-ring (bicyclic) bond motifs is 1. The van der Waals surface area contributed by atoms with Crippen LogP contribution in [0.1, 0.15) is 37.8 Å². The summed E-state index contributed by atoms with van der Waals surface area (Å²) in [5.74, 6) is 0.743. The molecule has 0 saturated carbocycles. The third-order valence-corrected chi connectivity index (χ3v) is 4.16. The summed E-state index contributed by atoms with van der Waals surface area (Å²) in [5, 5.41) is 0. The van der Waals surface area contributed by atoms with Gasteiger partial charge < -0.3 is 9.64 Å². The van der Waals surface area contributed by atoms with Crippen LogP contribution in [-0.4, -0.2) is 23.6 Å². The number of piperidine rings is 1. The summed E-state index contributed by atoms with van der Waals surface area (Å²) in [5.41, 5.74) is 1.19. The molecule has 2 aliphatic heterocycles. The van der Waals surface area contributed by atoms with Gasteiger partial charge in [0.05, 0.1) is 12.6 Å². The van der Waals surface area contributed by atoms with Gasteiger partial charge in [0.1, 0.15) is 6.23 Å². The average molecular weight is 245 g/mol. The van der Waals surface area contributed by atoms with E-state index < -0.39 is 0 Å². The van der Waals surface area contributed by atoms with Crippen molar-refractivity contribution in [2.24, 2.45) is 5.92 Å². The zero-order valence-electron chi connectivity index (χ0n) is 10.7. The Labute approximate surface area is 108 Å². The fraction of sp³-hybridized carbons (Fsp3) is 0.533. The third-order valence-electron chi connectivity index (χ3n) is 4.16. The predicted octanol–water partition coefficient (Wildman–Crippen LogP) is 2.73. The molecule has 3 heteroatoms. The van der Waals surface area contributed by atoms with Gasteiger partial charge in [-0.15, -0.1) is 0 Å². The Balaban J connectivity index is 1.88. The molecule has 0 N–H and O–H groups in total. The number of carbonyl (C=O) groups is 1. The van der Waals surface area contributed by atoms with Crippen LogP contribution >= 0.6 is 0 Å². The summed E-state index contributed by atoms with van der Waals surface area (Å²) in [6, 6.07) is 10.3. The van der Waals surface area contributed by atoms with E-state index in [2.05, 4.69) is 19.1 Å². The van der Waals surface area contributed by atoms with Crippen molar-refractivity contribution >= 4 is 5.91 Å². The highest BCUT2D eigenvalue weighted by atomic mass is 16.5. The number of nitrogens with zero attached hydrogens (tertiary/aromatic N) is 1. The van der Waals surface area contributed by atoms with Gasteiger partial charge in [0.25, 0.3) is 0 Å². The molecule has 0 bridgehead atoms. The zero-order valence-corrected chi connectivity index (χ0v) is 10.7. The van der Waals surface area contributed by atoms with E-state index in [1.54, 1.807) is 0 Å². The molecule has 96 valence electrons.